The average Bonchev–Trinajstić information content (AvgIpc) is 1.62. The Balaban J connectivity index is 4.04. The molecule has 9 heavy (non-hydrogen) atoms. The van der Waals surface area contributed by atoms with Crippen molar-refractivity contribution in [2.24, 2.45) is 17.2 Å². The molecule has 5 heteroatoms. The van der Waals surface area contributed by atoms with Gasteiger partial charge in [0.25, 0.3) is 0 Å². The van der Waals surface area contributed by atoms with Gasteiger partial charge in [-0.25, -0.2) is 0 Å². The monoisotopic (exact) mass is 149 g/mol. The molecule has 0 aromatic rings. The lowest BCUT2D eigenvalue weighted by molar-refractivity contribution is -0.118. The van der Waals surface area contributed by atoms with Crippen LogP contribution < -0.4 is 17.2 Å². The number of nitrogens with two attached hydrogens (primary N) is 3. The molecule has 0 aliphatic carbocycles. The summed E-state index contributed by atoms with van der Waals surface area (Å²) in [5.41, 5.74) is 15.8. The quantitative estimate of drug-likeness (QED) is 0.324. The van der Waals surface area contributed by atoms with Crippen LogP contribution in [0.4, 0.5) is 0 Å². The molecule has 2 atom stereocenters. The fourth-order valence-electron chi connectivity index (χ4n) is 0.352. The maximum atomic E-state index is 10.5. The zero-order chi connectivity index (χ0) is 7.65. The van der Waals surface area contributed by atoms with Crippen molar-refractivity contribution < 1.29 is 4.79 Å². The second kappa shape index (κ2) is 2.71. The summed E-state index contributed by atoms with van der Waals surface area (Å²) in [5.74, 6) is -0.213. The van der Waals surface area contributed by atoms with Crippen LogP contribution in [0.1, 0.15) is 6.92 Å². The molecule has 0 aliphatic rings. The van der Waals surface area contributed by atoms with Crippen LogP contribution in [0.3, 0.4) is 0 Å². The van der Waals surface area contributed by atoms with E-state index in [1.165, 1.54) is 6.92 Å². The van der Waals surface area contributed by atoms with Gasteiger partial charge in [0, 0.05) is 0 Å². The average molecular weight is 149 g/mol. The fourth-order valence-corrected chi connectivity index (χ4v) is 0.587. The molecule has 0 aromatic heterocycles. The minimum absolute atomic E-state index is 0.213. The van der Waals surface area contributed by atoms with E-state index in [1.807, 2.05) is 0 Å². The first-order chi connectivity index (χ1) is 3.85. The molecule has 0 bridgehead atoms. The van der Waals surface area contributed by atoms with Crippen molar-refractivity contribution in [3.05, 3.63) is 0 Å². The molecule has 4 nitrogen and oxygen atoms in total. The molecule has 0 heterocycles. The van der Waals surface area contributed by atoms with Gasteiger partial charge in [0.05, 0.1) is 6.04 Å². The molecule has 54 valence electrons. The molecule has 0 radical (unpaired) electrons. The van der Waals surface area contributed by atoms with Crippen molar-refractivity contribution >= 4 is 15.0 Å². The van der Waals surface area contributed by atoms with Gasteiger partial charge in [0.2, 0.25) is 0 Å². The minimum Gasteiger partial charge on any atom is -0.319 e. The molecule has 0 aromatic carbocycles. The van der Waals surface area contributed by atoms with E-state index >= 15 is 0 Å². The zero-order valence-corrected chi connectivity index (χ0v) is 6.45. The molecule has 2 unspecified atom stereocenters. The summed E-state index contributed by atoms with van der Waals surface area (Å²) < 4.78 is 0. The van der Waals surface area contributed by atoms with Gasteiger partial charge in [-0.2, -0.15) is 0 Å². The Labute approximate surface area is 56.3 Å². The van der Waals surface area contributed by atoms with Crippen LogP contribution in [0.5, 0.6) is 0 Å². The highest BCUT2D eigenvalue weighted by molar-refractivity contribution is 7.19. The maximum absolute atomic E-state index is 10.5. The van der Waals surface area contributed by atoms with Gasteiger partial charge in [-0.3, -0.25) is 4.79 Å². The van der Waals surface area contributed by atoms with Crippen molar-refractivity contribution in [1.29, 1.82) is 0 Å². The van der Waals surface area contributed by atoms with Crippen LogP contribution >= 0.6 is 9.24 Å². The summed E-state index contributed by atoms with van der Waals surface area (Å²) in [6.45, 7) is 1.35. The molecule has 0 amide bonds. The molecule has 6 N–H and O–H groups in total. The van der Waals surface area contributed by atoms with Gasteiger partial charge < -0.3 is 17.2 Å². The summed E-state index contributed by atoms with van der Waals surface area (Å²) in [5, 5.41) is -1.17. The summed E-state index contributed by atoms with van der Waals surface area (Å²) >= 11 is 0. The lowest BCUT2D eigenvalue weighted by Gasteiger charge is -2.23. The zero-order valence-electron chi connectivity index (χ0n) is 5.29. The van der Waals surface area contributed by atoms with Crippen LogP contribution in [0.2, 0.25) is 0 Å². The topological polar surface area (TPSA) is 95.1 Å². The van der Waals surface area contributed by atoms with Crippen LogP contribution in [0.15, 0.2) is 0 Å². The molecular formula is C4H12N3OP. The van der Waals surface area contributed by atoms with E-state index in [-0.39, 0.29) is 5.78 Å². The number of ketones is 1. The first-order valence-corrected chi connectivity index (χ1v) is 3.06. The van der Waals surface area contributed by atoms with Crippen molar-refractivity contribution in [3.63, 3.8) is 0 Å². The summed E-state index contributed by atoms with van der Waals surface area (Å²) in [4.78, 5) is 10.5. The maximum Gasteiger partial charge on any atom is 0.150 e. The minimum atomic E-state index is -1.17. The Bertz CT molecular complexity index is 119. The van der Waals surface area contributed by atoms with Crippen molar-refractivity contribution in [3.8, 4) is 0 Å². The number of carbonyl (C=O) groups excluding carboxylic acids is 1. The summed E-state index contributed by atoms with van der Waals surface area (Å²) in [6.07, 6.45) is 0. The third kappa shape index (κ3) is 2.87. The van der Waals surface area contributed by atoms with Crippen LogP contribution in [0.25, 0.3) is 0 Å². The van der Waals surface area contributed by atoms with Crippen LogP contribution in [-0.2, 0) is 4.79 Å². The molecular weight excluding hydrogens is 137 g/mol. The van der Waals surface area contributed by atoms with Gasteiger partial charge >= 0.3 is 0 Å². The number of hydrogen-bond donors (Lipinski definition) is 3. The Hall–Kier alpha value is -0.0200. The van der Waals surface area contributed by atoms with Gasteiger partial charge in [-0.15, -0.1) is 0 Å². The van der Waals surface area contributed by atoms with E-state index in [9.17, 15) is 4.79 Å². The molecule has 0 spiro atoms. The van der Waals surface area contributed by atoms with Crippen molar-refractivity contribution in [2.75, 3.05) is 0 Å². The predicted molar refractivity (Wildman–Crippen MR) is 39.5 cm³/mol. The predicted octanol–water partition coefficient (Wildman–Crippen LogP) is -1.65. The normalized spacial score (nSPS) is 15.2. The van der Waals surface area contributed by atoms with Gasteiger partial charge in [0.15, 0.2) is 0 Å². The van der Waals surface area contributed by atoms with Crippen LogP contribution in [-0.4, -0.2) is 17.2 Å². The Morgan fingerprint density at radius 1 is 1.67 bits per heavy atom. The Morgan fingerprint density at radius 3 is 2.00 bits per heavy atom. The summed E-state index contributed by atoms with van der Waals surface area (Å²) in [7, 11) is 2.11. The van der Waals surface area contributed by atoms with Crippen molar-refractivity contribution in [1.82, 2.24) is 0 Å². The molecule has 0 saturated carbocycles. The van der Waals surface area contributed by atoms with E-state index in [2.05, 4.69) is 9.24 Å². The Kier molecular flexibility index (Phi) is 2.70. The van der Waals surface area contributed by atoms with E-state index in [0.29, 0.717) is 0 Å². The molecule has 0 aliphatic heterocycles. The lowest BCUT2D eigenvalue weighted by atomic mass is 10.2. The number of Topliss-reactive ketones (excluding diaryl/α,β-unsaturated/α-hetero) is 1. The summed E-state index contributed by atoms with van der Waals surface area (Å²) in [6, 6.07) is -0.803. The molecule has 0 rings (SSSR count). The van der Waals surface area contributed by atoms with E-state index in [1.54, 1.807) is 0 Å². The largest absolute Gasteiger partial charge is 0.319 e. The molecule has 0 saturated heterocycles. The standard InChI is InChI=1S/C4H12N3OP/c1-2(8)3(5)4(6,7)9/h3H,5-7,9H2,1H3. The van der Waals surface area contributed by atoms with E-state index < -0.39 is 11.4 Å². The van der Waals surface area contributed by atoms with Crippen LogP contribution in [0, 0.1) is 0 Å². The van der Waals surface area contributed by atoms with E-state index in [4.69, 9.17) is 17.2 Å². The van der Waals surface area contributed by atoms with Gasteiger partial charge in [-0.05, 0) is 6.92 Å². The number of hydrogen-bond acceptors (Lipinski definition) is 4. The first-order valence-electron chi connectivity index (χ1n) is 2.48. The highest BCUT2D eigenvalue weighted by atomic mass is 31.0. The SMILES string of the molecule is CC(=O)C(N)C(N)(N)P. The van der Waals surface area contributed by atoms with Crippen molar-refractivity contribution in [2.45, 2.75) is 18.4 Å². The second-order valence-electron chi connectivity index (χ2n) is 2.09. The van der Waals surface area contributed by atoms with E-state index in [0.717, 1.165) is 0 Å². The van der Waals surface area contributed by atoms with Gasteiger partial charge in [-0.1, -0.05) is 9.24 Å². The lowest BCUT2D eigenvalue weighted by Crippen LogP contribution is -2.60. The number of rotatable bonds is 2. The molecule has 0 fully saturated rings. The highest BCUT2D eigenvalue weighted by Gasteiger charge is 2.25. The third-order valence-corrected chi connectivity index (χ3v) is 1.34. The number of carbonyl (C=O) groups is 1. The van der Waals surface area contributed by atoms with Gasteiger partial charge in [0.1, 0.15) is 11.2 Å². The Morgan fingerprint density at radius 2 is 2.00 bits per heavy atom. The fraction of sp³-hybridized carbons (Fsp3) is 0.750. The smallest absolute Gasteiger partial charge is 0.150 e. The first kappa shape index (κ1) is 8.98. The highest BCUT2D eigenvalue weighted by Crippen LogP contribution is 2.06. The third-order valence-electron chi connectivity index (χ3n) is 0.977. The second-order valence-corrected chi connectivity index (χ2v) is 3.09.